The van der Waals surface area contributed by atoms with E-state index in [1.807, 2.05) is 0 Å². The summed E-state index contributed by atoms with van der Waals surface area (Å²) in [6.45, 7) is -0.00216. The third-order valence-electron chi connectivity index (χ3n) is 1.97. The number of imidazole rings is 1. The maximum absolute atomic E-state index is 11.3. The number of nitrogens with zero attached hydrogens (tertiary/aromatic N) is 2. The molecule has 0 fully saturated rings. The normalized spacial score (nSPS) is 10.7. The molecule has 0 radical (unpaired) electrons. The highest BCUT2D eigenvalue weighted by molar-refractivity contribution is 6.29. The van der Waals surface area contributed by atoms with E-state index in [0.29, 0.717) is 16.4 Å². The van der Waals surface area contributed by atoms with Crippen LogP contribution < -0.4 is 5.73 Å². The molecule has 0 atom stereocenters. The van der Waals surface area contributed by atoms with Gasteiger partial charge in [-0.05, 0) is 12.1 Å². The highest BCUT2D eigenvalue weighted by Gasteiger charge is 2.06. The first-order valence-corrected chi connectivity index (χ1v) is 4.46. The van der Waals surface area contributed by atoms with Gasteiger partial charge in [0.2, 0.25) is 0 Å². The van der Waals surface area contributed by atoms with Crippen molar-refractivity contribution in [3.8, 4) is 0 Å². The van der Waals surface area contributed by atoms with Crippen LogP contribution in [0, 0.1) is 0 Å². The predicted octanol–water partition coefficient (Wildman–Crippen LogP) is 1.13. The number of Topliss-reactive ketones (excluding diaryl/α,β-unsaturated/α-hetero) is 1. The molecule has 2 aromatic rings. The average Bonchev–Trinajstić information content (AvgIpc) is 2.59. The number of hydrogen-bond donors (Lipinski definition) is 1. The van der Waals surface area contributed by atoms with Crippen molar-refractivity contribution in [3.63, 3.8) is 0 Å². The number of halogens is 1. The molecule has 0 aliphatic carbocycles. The summed E-state index contributed by atoms with van der Waals surface area (Å²) < 4.78 is 1.64. The Labute approximate surface area is 85.3 Å². The number of carbonyl (C=O) groups excluding carboxylic acids is 1. The van der Waals surface area contributed by atoms with E-state index in [2.05, 4.69) is 4.98 Å². The number of hydrogen-bond acceptors (Lipinski definition) is 3. The van der Waals surface area contributed by atoms with Crippen LogP contribution in [0.4, 0.5) is 0 Å². The Hall–Kier alpha value is -1.39. The van der Waals surface area contributed by atoms with Crippen LogP contribution in [0.15, 0.2) is 24.5 Å². The lowest BCUT2D eigenvalue weighted by Gasteiger charge is -1.99. The number of rotatable bonds is 2. The van der Waals surface area contributed by atoms with Gasteiger partial charge in [-0.1, -0.05) is 11.6 Å². The summed E-state index contributed by atoms with van der Waals surface area (Å²) in [6, 6.07) is 3.42. The molecule has 5 heteroatoms. The molecule has 14 heavy (non-hydrogen) atoms. The zero-order valence-corrected chi connectivity index (χ0v) is 8.03. The van der Waals surface area contributed by atoms with E-state index in [0.717, 1.165) is 0 Å². The molecule has 0 spiro atoms. The summed E-state index contributed by atoms with van der Waals surface area (Å²) in [5.41, 5.74) is 6.51. The molecule has 2 rings (SSSR count). The van der Waals surface area contributed by atoms with Crippen LogP contribution in [0.25, 0.3) is 5.65 Å². The van der Waals surface area contributed by atoms with Crippen molar-refractivity contribution >= 4 is 23.0 Å². The maximum Gasteiger partial charge on any atom is 0.177 e. The third-order valence-corrected chi connectivity index (χ3v) is 2.25. The van der Waals surface area contributed by atoms with Crippen molar-refractivity contribution in [2.75, 3.05) is 6.54 Å². The number of aromatic nitrogens is 2. The van der Waals surface area contributed by atoms with E-state index in [4.69, 9.17) is 17.3 Å². The van der Waals surface area contributed by atoms with Crippen LogP contribution in [0.3, 0.4) is 0 Å². The molecule has 0 aliphatic rings. The van der Waals surface area contributed by atoms with Crippen molar-refractivity contribution in [2.45, 2.75) is 0 Å². The number of carbonyl (C=O) groups is 1. The Kier molecular flexibility index (Phi) is 2.23. The molecule has 2 aromatic heterocycles. The Morgan fingerprint density at radius 1 is 1.57 bits per heavy atom. The minimum absolute atomic E-state index is 0.00216. The summed E-state index contributed by atoms with van der Waals surface area (Å²) >= 11 is 5.85. The molecule has 2 N–H and O–H groups in total. The van der Waals surface area contributed by atoms with Gasteiger partial charge in [0, 0.05) is 11.8 Å². The van der Waals surface area contributed by atoms with Crippen molar-refractivity contribution in [3.05, 3.63) is 35.2 Å². The van der Waals surface area contributed by atoms with Gasteiger partial charge in [0.05, 0.1) is 12.7 Å². The Morgan fingerprint density at radius 2 is 2.36 bits per heavy atom. The van der Waals surface area contributed by atoms with Gasteiger partial charge < -0.3 is 5.73 Å². The van der Waals surface area contributed by atoms with Crippen LogP contribution in [0.2, 0.25) is 5.15 Å². The second-order valence-electron chi connectivity index (χ2n) is 2.85. The van der Waals surface area contributed by atoms with Gasteiger partial charge in [0.15, 0.2) is 5.78 Å². The van der Waals surface area contributed by atoms with Crippen LogP contribution >= 0.6 is 11.6 Å². The van der Waals surface area contributed by atoms with Gasteiger partial charge in [0.1, 0.15) is 10.8 Å². The van der Waals surface area contributed by atoms with Crippen LogP contribution in [-0.2, 0) is 0 Å². The lowest BCUT2D eigenvalue weighted by molar-refractivity contribution is 0.100. The minimum Gasteiger partial charge on any atom is -0.324 e. The van der Waals surface area contributed by atoms with Gasteiger partial charge in [0.25, 0.3) is 0 Å². The quantitative estimate of drug-likeness (QED) is 0.755. The topological polar surface area (TPSA) is 60.4 Å². The van der Waals surface area contributed by atoms with Crippen molar-refractivity contribution in [1.82, 2.24) is 9.38 Å². The molecular formula is C9H8ClN3O. The number of fused-ring (bicyclic) bond motifs is 1. The van der Waals surface area contributed by atoms with E-state index in [-0.39, 0.29) is 12.3 Å². The van der Waals surface area contributed by atoms with Crippen LogP contribution in [0.5, 0.6) is 0 Å². The second-order valence-corrected chi connectivity index (χ2v) is 3.24. The van der Waals surface area contributed by atoms with E-state index in [9.17, 15) is 4.79 Å². The van der Waals surface area contributed by atoms with E-state index in [1.165, 1.54) is 6.20 Å². The summed E-state index contributed by atoms with van der Waals surface area (Å²) in [5.74, 6) is -0.114. The monoisotopic (exact) mass is 209 g/mol. The van der Waals surface area contributed by atoms with Crippen molar-refractivity contribution in [2.24, 2.45) is 5.73 Å². The fourth-order valence-corrected chi connectivity index (χ4v) is 1.42. The molecule has 0 aromatic carbocycles. The predicted molar refractivity (Wildman–Crippen MR) is 53.6 cm³/mol. The highest BCUT2D eigenvalue weighted by atomic mass is 35.5. The molecule has 0 saturated carbocycles. The van der Waals surface area contributed by atoms with E-state index < -0.39 is 0 Å². The average molecular weight is 210 g/mol. The lowest BCUT2D eigenvalue weighted by Crippen LogP contribution is -2.13. The Morgan fingerprint density at radius 3 is 3.07 bits per heavy atom. The summed E-state index contributed by atoms with van der Waals surface area (Å²) in [7, 11) is 0. The first kappa shape index (κ1) is 9.18. The third kappa shape index (κ3) is 1.38. The Bertz CT molecular complexity index is 492. The molecular weight excluding hydrogens is 202 g/mol. The van der Waals surface area contributed by atoms with E-state index in [1.54, 1.807) is 22.7 Å². The maximum atomic E-state index is 11.3. The van der Waals surface area contributed by atoms with Gasteiger partial charge in [-0.2, -0.15) is 0 Å². The van der Waals surface area contributed by atoms with Crippen molar-refractivity contribution < 1.29 is 4.79 Å². The zero-order valence-electron chi connectivity index (χ0n) is 7.27. The van der Waals surface area contributed by atoms with Crippen LogP contribution in [0.1, 0.15) is 10.4 Å². The SMILES string of the molecule is NCC(=O)c1ccc2ncc(Cl)n2c1. The summed E-state index contributed by atoms with van der Waals surface area (Å²) in [4.78, 5) is 15.3. The first-order chi connectivity index (χ1) is 6.72. The fraction of sp³-hybridized carbons (Fsp3) is 0.111. The lowest BCUT2D eigenvalue weighted by atomic mass is 10.2. The van der Waals surface area contributed by atoms with E-state index >= 15 is 0 Å². The fourth-order valence-electron chi connectivity index (χ4n) is 1.23. The largest absolute Gasteiger partial charge is 0.324 e. The summed E-state index contributed by atoms with van der Waals surface area (Å²) in [6.07, 6.45) is 3.17. The second kappa shape index (κ2) is 3.40. The van der Waals surface area contributed by atoms with Gasteiger partial charge in [-0.25, -0.2) is 4.98 Å². The minimum atomic E-state index is -0.114. The molecule has 0 bridgehead atoms. The molecule has 72 valence electrons. The zero-order chi connectivity index (χ0) is 10.1. The van der Waals surface area contributed by atoms with Gasteiger partial charge in [-0.3, -0.25) is 9.20 Å². The summed E-state index contributed by atoms with van der Waals surface area (Å²) in [5, 5.41) is 0.478. The van der Waals surface area contributed by atoms with Gasteiger partial charge in [-0.15, -0.1) is 0 Å². The molecule has 4 nitrogen and oxygen atoms in total. The molecule has 0 unspecified atom stereocenters. The number of ketones is 1. The van der Waals surface area contributed by atoms with Gasteiger partial charge >= 0.3 is 0 Å². The molecule has 0 aliphatic heterocycles. The molecule has 2 heterocycles. The smallest absolute Gasteiger partial charge is 0.177 e. The number of nitrogens with two attached hydrogens (primary N) is 1. The molecule has 0 amide bonds. The first-order valence-electron chi connectivity index (χ1n) is 4.08. The molecule has 0 saturated heterocycles. The van der Waals surface area contributed by atoms with Crippen molar-refractivity contribution in [1.29, 1.82) is 0 Å². The number of pyridine rings is 1. The van der Waals surface area contributed by atoms with Crippen LogP contribution in [-0.4, -0.2) is 21.7 Å². The Balaban J connectivity index is 2.60. The standard InChI is InChI=1S/C9H8ClN3O/c10-8-4-12-9-2-1-6(5-13(8)9)7(14)3-11/h1-2,4-5H,3,11H2. The highest BCUT2D eigenvalue weighted by Crippen LogP contribution is 2.13.